The van der Waals surface area contributed by atoms with Crippen LogP contribution in [0.5, 0.6) is 0 Å². The van der Waals surface area contributed by atoms with Gasteiger partial charge in [0.1, 0.15) is 0 Å². The maximum Gasteiger partial charge on any atom is 0.0897 e. The summed E-state index contributed by atoms with van der Waals surface area (Å²) in [5.41, 5.74) is 0.00389. The lowest BCUT2D eigenvalue weighted by molar-refractivity contribution is -0.0726. The molecule has 2 atom stereocenters. The van der Waals surface area contributed by atoms with E-state index < -0.39 is 6.10 Å². The molecule has 0 saturated heterocycles. The third-order valence-electron chi connectivity index (χ3n) is 3.50. The Balaban J connectivity index is 2.04. The summed E-state index contributed by atoms with van der Waals surface area (Å²) in [5.74, 6) is 0. The van der Waals surface area contributed by atoms with E-state index in [-0.39, 0.29) is 11.7 Å². The third-order valence-corrected chi connectivity index (χ3v) is 3.50. The van der Waals surface area contributed by atoms with Crippen LogP contribution in [0.2, 0.25) is 0 Å². The Morgan fingerprint density at radius 1 is 1.28 bits per heavy atom. The van der Waals surface area contributed by atoms with Gasteiger partial charge in [-0.2, -0.15) is 0 Å². The molecule has 0 radical (unpaired) electrons. The first-order valence-electron chi connectivity index (χ1n) is 6.66. The number of aliphatic hydroxyl groups is 1. The molecule has 1 rings (SSSR count). The van der Waals surface area contributed by atoms with Crippen molar-refractivity contribution in [2.24, 2.45) is 0 Å². The number of methoxy groups -OCH3 is 2. The Kier molecular flexibility index (Phi) is 7.11. The molecule has 5 heteroatoms. The smallest absolute Gasteiger partial charge is 0.0897 e. The monoisotopic (exact) mass is 261 g/mol. The van der Waals surface area contributed by atoms with Gasteiger partial charge in [-0.3, -0.25) is 0 Å². The fourth-order valence-electron chi connectivity index (χ4n) is 2.11. The average Bonchev–Trinajstić information content (AvgIpc) is 2.30. The van der Waals surface area contributed by atoms with E-state index >= 15 is 0 Å². The first kappa shape index (κ1) is 15.9. The number of aliphatic hydroxyl groups excluding tert-OH is 1. The van der Waals surface area contributed by atoms with E-state index in [2.05, 4.69) is 5.32 Å². The van der Waals surface area contributed by atoms with Crippen molar-refractivity contribution in [3.63, 3.8) is 0 Å². The summed E-state index contributed by atoms with van der Waals surface area (Å²) >= 11 is 0. The highest BCUT2D eigenvalue weighted by molar-refractivity contribution is 4.91. The van der Waals surface area contributed by atoms with Gasteiger partial charge < -0.3 is 24.6 Å². The Hall–Kier alpha value is -0.200. The number of ether oxygens (including phenoxy) is 3. The molecule has 1 saturated carbocycles. The molecular weight excluding hydrogens is 234 g/mol. The van der Waals surface area contributed by atoms with Crippen molar-refractivity contribution in [1.29, 1.82) is 0 Å². The van der Waals surface area contributed by atoms with Gasteiger partial charge in [-0.25, -0.2) is 0 Å². The zero-order valence-electron chi connectivity index (χ0n) is 11.8. The average molecular weight is 261 g/mol. The summed E-state index contributed by atoms with van der Waals surface area (Å²) in [7, 11) is 3.40. The predicted octanol–water partition coefficient (Wildman–Crippen LogP) is 0.558. The van der Waals surface area contributed by atoms with Crippen molar-refractivity contribution >= 4 is 0 Å². The second-order valence-electron chi connectivity index (χ2n) is 5.12. The summed E-state index contributed by atoms with van der Waals surface area (Å²) in [4.78, 5) is 0. The van der Waals surface area contributed by atoms with E-state index in [4.69, 9.17) is 14.2 Å². The minimum Gasteiger partial charge on any atom is -0.389 e. The van der Waals surface area contributed by atoms with E-state index in [1.807, 2.05) is 6.92 Å². The van der Waals surface area contributed by atoms with Crippen molar-refractivity contribution in [1.82, 2.24) is 5.32 Å². The second kappa shape index (κ2) is 8.07. The van der Waals surface area contributed by atoms with Gasteiger partial charge in [0.2, 0.25) is 0 Å². The Morgan fingerprint density at radius 3 is 2.50 bits per heavy atom. The molecule has 108 valence electrons. The van der Waals surface area contributed by atoms with Crippen molar-refractivity contribution in [2.45, 2.75) is 44.0 Å². The van der Waals surface area contributed by atoms with Crippen LogP contribution >= 0.6 is 0 Å². The molecular formula is C13H27NO4. The van der Waals surface area contributed by atoms with Crippen LogP contribution in [-0.4, -0.2) is 63.4 Å². The Labute approximate surface area is 110 Å². The summed E-state index contributed by atoms with van der Waals surface area (Å²) in [5, 5.41) is 13.0. The molecule has 1 fully saturated rings. The first-order chi connectivity index (χ1) is 8.62. The normalized spacial score (nSPS) is 21.3. The molecule has 0 aromatic heterocycles. The molecule has 1 aliphatic rings. The molecule has 2 unspecified atom stereocenters. The molecule has 0 aromatic carbocycles. The molecule has 1 aliphatic carbocycles. The maximum absolute atomic E-state index is 9.76. The lowest BCUT2D eigenvalue weighted by Crippen LogP contribution is -2.49. The first-order valence-corrected chi connectivity index (χ1v) is 6.66. The van der Waals surface area contributed by atoms with Crippen molar-refractivity contribution < 1.29 is 19.3 Å². The number of nitrogens with one attached hydrogen (secondary N) is 1. The van der Waals surface area contributed by atoms with Gasteiger partial charge in [-0.05, 0) is 26.2 Å². The minimum absolute atomic E-state index is 0.00389. The second-order valence-corrected chi connectivity index (χ2v) is 5.12. The molecule has 0 heterocycles. The standard InChI is InChI=1S/C13H27NO4/c1-11(8-16-2)18-9-12(15)7-14-10-13(17-3)5-4-6-13/h11-12,14-15H,4-10H2,1-3H3. The molecule has 0 aromatic rings. The minimum atomic E-state index is -0.488. The third kappa shape index (κ3) is 5.20. The fourth-order valence-corrected chi connectivity index (χ4v) is 2.11. The fraction of sp³-hybridized carbons (Fsp3) is 1.00. The van der Waals surface area contributed by atoms with Crippen molar-refractivity contribution in [3.8, 4) is 0 Å². The molecule has 18 heavy (non-hydrogen) atoms. The quantitative estimate of drug-likeness (QED) is 0.602. The van der Waals surface area contributed by atoms with Crippen LogP contribution in [0.1, 0.15) is 26.2 Å². The zero-order valence-corrected chi connectivity index (χ0v) is 11.8. The van der Waals surface area contributed by atoms with Crippen LogP contribution in [0.4, 0.5) is 0 Å². The van der Waals surface area contributed by atoms with Crippen molar-refractivity contribution in [3.05, 3.63) is 0 Å². The number of hydrogen-bond acceptors (Lipinski definition) is 5. The summed E-state index contributed by atoms with van der Waals surface area (Å²) in [6.45, 7) is 4.14. The van der Waals surface area contributed by atoms with Crippen LogP contribution in [0, 0.1) is 0 Å². The van der Waals surface area contributed by atoms with Gasteiger partial charge in [0.05, 0.1) is 31.0 Å². The predicted molar refractivity (Wildman–Crippen MR) is 69.8 cm³/mol. The van der Waals surface area contributed by atoms with E-state index in [1.54, 1.807) is 14.2 Å². The largest absolute Gasteiger partial charge is 0.389 e. The highest BCUT2D eigenvalue weighted by Gasteiger charge is 2.36. The van der Waals surface area contributed by atoms with E-state index in [0.29, 0.717) is 19.8 Å². The SMILES string of the molecule is COCC(C)OCC(O)CNCC1(OC)CCC1. The highest BCUT2D eigenvalue weighted by Crippen LogP contribution is 2.34. The van der Waals surface area contributed by atoms with Gasteiger partial charge in [-0.1, -0.05) is 0 Å². The van der Waals surface area contributed by atoms with Crippen LogP contribution in [0.25, 0.3) is 0 Å². The Bertz CT molecular complexity index is 216. The van der Waals surface area contributed by atoms with Gasteiger partial charge >= 0.3 is 0 Å². The number of rotatable bonds is 10. The van der Waals surface area contributed by atoms with Gasteiger partial charge in [0, 0.05) is 27.3 Å². The molecule has 0 aliphatic heterocycles. The van der Waals surface area contributed by atoms with E-state index in [0.717, 1.165) is 19.4 Å². The number of hydrogen-bond donors (Lipinski definition) is 2. The van der Waals surface area contributed by atoms with Crippen molar-refractivity contribution in [2.75, 3.05) is 40.5 Å². The van der Waals surface area contributed by atoms with Crippen LogP contribution in [0.15, 0.2) is 0 Å². The van der Waals surface area contributed by atoms with Gasteiger partial charge in [-0.15, -0.1) is 0 Å². The van der Waals surface area contributed by atoms with E-state index in [9.17, 15) is 5.11 Å². The molecule has 2 N–H and O–H groups in total. The lowest BCUT2D eigenvalue weighted by atomic mass is 9.80. The van der Waals surface area contributed by atoms with Gasteiger partial charge in [0.15, 0.2) is 0 Å². The summed E-state index contributed by atoms with van der Waals surface area (Å²) in [6, 6.07) is 0. The molecule has 0 bridgehead atoms. The lowest BCUT2D eigenvalue weighted by Gasteiger charge is -2.40. The summed E-state index contributed by atoms with van der Waals surface area (Å²) < 4.78 is 15.9. The van der Waals surface area contributed by atoms with Gasteiger partial charge in [0.25, 0.3) is 0 Å². The van der Waals surface area contributed by atoms with Crippen LogP contribution in [0.3, 0.4) is 0 Å². The van der Waals surface area contributed by atoms with E-state index in [1.165, 1.54) is 6.42 Å². The molecule has 5 nitrogen and oxygen atoms in total. The summed E-state index contributed by atoms with van der Waals surface area (Å²) in [6.07, 6.45) is 2.97. The maximum atomic E-state index is 9.76. The highest BCUT2D eigenvalue weighted by atomic mass is 16.5. The van der Waals surface area contributed by atoms with Crippen LogP contribution in [-0.2, 0) is 14.2 Å². The topological polar surface area (TPSA) is 60.0 Å². The zero-order chi connectivity index (χ0) is 13.4. The Morgan fingerprint density at radius 2 is 2.00 bits per heavy atom. The van der Waals surface area contributed by atoms with Crippen LogP contribution < -0.4 is 5.32 Å². The molecule has 0 spiro atoms. The molecule has 0 amide bonds.